The topological polar surface area (TPSA) is 4.93 Å². The van der Waals surface area contributed by atoms with Crippen LogP contribution in [0.3, 0.4) is 0 Å². The number of hydrogen-bond acceptors (Lipinski definition) is 0. The normalized spacial score (nSPS) is 14.9. The molecule has 5 rings (SSSR count). The zero-order chi connectivity index (χ0) is 19.0. The number of halogens is 2. The van der Waals surface area contributed by atoms with Gasteiger partial charge in [-0.05, 0) is 23.2 Å². The Balaban J connectivity index is 0.000000327. The van der Waals surface area contributed by atoms with Crippen LogP contribution in [0, 0.1) is 12.0 Å². The van der Waals surface area contributed by atoms with Crippen LogP contribution in [-0.4, -0.2) is 4.57 Å². The van der Waals surface area contributed by atoms with E-state index in [0.717, 1.165) is 0 Å². The summed E-state index contributed by atoms with van der Waals surface area (Å²) in [6, 6.07) is 23.6. The van der Waals surface area contributed by atoms with Gasteiger partial charge in [0.05, 0.1) is 5.52 Å². The molecule has 4 aromatic rings. The zero-order valence-electron chi connectivity index (χ0n) is 17.7. The van der Waals surface area contributed by atoms with Gasteiger partial charge in [-0.3, -0.25) is 6.08 Å². The van der Waals surface area contributed by atoms with Crippen molar-refractivity contribution in [3.05, 3.63) is 95.7 Å². The molecule has 0 bridgehead atoms. The zero-order valence-corrected chi connectivity index (χ0v) is 22.8. The van der Waals surface area contributed by atoms with E-state index >= 15 is 0 Å². The summed E-state index contributed by atoms with van der Waals surface area (Å²) in [6.45, 7) is 8.67. The van der Waals surface area contributed by atoms with E-state index in [1.54, 1.807) is 0 Å². The van der Waals surface area contributed by atoms with E-state index in [-0.39, 0.29) is 50.7 Å². The molecular formula is C26H25Cl2HfN. The van der Waals surface area contributed by atoms with E-state index in [4.69, 9.17) is 0 Å². The number of aromatic nitrogens is 1. The Bertz CT molecular complexity index is 1150. The van der Waals surface area contributed by atoms with E-state index in [1.165, 1.54) is 44.1 Å². The molecule has 1 unspecified atom stereocenters. The van der Waals surface area contributed by atoms with Gasteiger partial charge in [-0.1, -0.05) is 51.0 Å². The second-order valence-corrected chi connectivity index (χ2v) is 7.39. The molecule has 30 heavy (non-hydrogen) atoms. The number of benzene rings is 2. The van der Waals surface area contributed by atoms with Crippen molar-refractivity contribution >= 4 is 21.7 Å². The van der Waals surface area contributed by atoms with Crippen LogP contribution < -0.4 is 24.8 Å². The minimum absolute atomic E-state index is 0. The fourth-order valence-electron chi connectivity index (χ4n) is 3.74. The summed E-state index contributed by atoms with van der Waals surface area (Å²) in [5, 5.41) is 3.87. The maximum Gasteiger partial charge on any atom is 4.00 e. The predicted octanol–water partition coefficient (Wildman–Crippen LogP) is 1.23. The molecule has 1 nitrogen and oxygen atoms in total. The molecular weight excluding hydrogens is 576 g/mol. The van der Waals surface area contributed by atoms with Crippen molar-refractivity contribution in [2.24, 2.45) is 5.92 Å². The molecule has 1 aliphatic carbocycles. The Morgan fingerprint density at radius 2 is 1.50 bits per heavy atom. The average molecular weight is 601 g/mol. The van der Waals surface area contributed by atoms with E-state index in [2.05, 4.69) is 111 Å². The minimum atomic E-state index is 0. The number of fused-ring (bicyclic) bond motifs is 2. The first-order valence-electron chi connectivity index (χ1n) is 9.54. The summed E-state index contributed by atoms with van der Waals surface area (Å²) in [5.74, 6) is 0.560. The van der Waals surface area contributed by atoms with Crippen LogP contribution in [0.15, 0.2) is 89.6 Å². The first kappa shape index (κ1) is 26.6. The Hall–Kier alpha value is -1.48. The van der Waals surface area contributed by atoms with Gasteiger partial charge in [0.15, 0.2) is 0 Å². The van der Waals surface area contributed by atoms with Gasteiger partial charge in [-0.2, -0.15) is 11.1 Å². The SMILES string of the molecule is CC1=[C-]C(C)C(C)=C1C.[Cl-].[Cl-].[Hf+4].c1ccc2[cH-]c(-n3ccc4ccccc43)cc2c1. The number of nitrogens with zero attached hydrogens (tertiary/aromatic N) is 1. The van der Waals surface area contributed by atoms with Crippen LogP contribution in [-0.2, 0) is 25.8 Å². The molecule has 1 aromatic heterocycles. The third kappa shape index (κ3) is 5.22. The second-order valence-electron chi connectivity index (χ2n) is 7.39. The van der Waals surface area contributed by atoms with E-state index in [9.17, 15) is 0 Å². The van der Waals surface area contributed by atoms with E-state index < -0.39 is 0 Å². The molecule has 152 valence electrons. The van der Waals surface area contributed by atoms with Crippen molar-refractivity contribution in [3.8, 4) is 5.69 Å². The monoisotopic (exact) mass is 601 g/mol. The number of para-hydroxylation sites is 1. The van der Waals surface area contributed by atoms with Gasteiger partial charge in [-0.15, -0.1) is 48.0 Å². The van der Waals surface area contributed by atoms with Crippen molar-refractivity contribution in [1.29, 1.82) is 0 Å². The van der Waals surface area contributed by atoms with Gasteiger partial charge in [0.2, 0.25) is 0 Å². The third-order valence-corrected chi connectivity index (χ3v) is 5.72. The standard InChI is InChI=1S/C17H12N.C9H13.2ClH.Hf/c1-2-7-15-12-16(11-14(15)6-1)18-10-9-13-5-3-4-8-17(13)18;1-6-5-7(2)9(4)8(6)3;;;/h1-12H;6H,1-4H3;2*1H;/q2*-1;;;+4/p-2. The smallest absolute Gasteiger partial charge is 1.00 e. The van der Waals surface area contributed by atoms with Crippen LogP contribution in [0.5, 0.6) is 0 Å². The van der Waals surface area contributed by atoms with Gasteiger partial charge in [0, 0.05) is 6.20 Å². The summed E-state index contributed by atoms with van der Waals surface area (Å²) in [6.07, 6.45) is 5.50. The molecule has 1 heterocycles. The molecule has 1 atom stereocenters. The average Bonchev–Trinajstić information content (AvgIpc) is 3.35. The van der Waals surface area contributed by atoms with Crippen molar-refractivity contribution in [3.63, 3.8) is 0 Å². The van der Waals surface area contributed by atoms with Crippen molar-refractivity contribution < 1.29 is 50.7 Å². The van der Waals surface area contributed by atoms with E-state index in [1.807, 2.05) is 0 Å². The molecule has 0 N–H and O–H groups in total. The predicted molar refractivity (Wildman–Crippen MR) is 116 cm³/mol. The molecule has 0 saturated carbocycles. The summed E-state index contributed by atoms with van der Waals surface area (Å²) in [7, 11) is 0. The van der Waals surface area contributed by atoms with Gasteiger partial charge in [0.25, 0.3) is 0 Å². The first-order chi connectivity index (χ1) is 13.0. The van der Waals surface area contributed by atoms with Crippen LogP contribution in [0.2, 0.25) is 0 Å². The molecule has 0 amide bonds. The van der Waals surface area contributed by atoms with Gasteiger partial charge >= 0.3 is 25.8 Å². The number of allylic oxidation sites excluding steroid dienone is 4. The molecule has 0 radical (unpaired) electrons. The Kier molecular flexibility index (Phi) is 9.94. The molecule has 3 aromatic carbocycles. The summed E-state index contributed by atoms with van der Waals surface area (Å²) in [5.41, 5.74) is 6.74. The summed E-state index contributed by atoms with van der Waals surface area (Å²) in [4.78, 5) is 0. The summed E-state index contributed by atoms with van der Waals surface area (Å²) >= 11 is 0. The van der Waals surface area contributed by atoms with E-state index in [0.29, 0.717) is 5.92 Å². The molecule has 0 saturated heterocycles. The Morgan fingerprint density at radius 3 is 2.07 bits per heavy atom. The van der Waals surface area contributed by atoms with Crippen molar-refractivity contribution in [2.45, 2.75) is 27.7 Å². The van der Waals surface area contributed by atoms with Crippen molar-refractivity contribution in [1.82, 2.24) is 4.57 Å². The first-order valence-corrected chi connectivity index (χ1v) is 9.54. The molecule has 4 heteroatoms. The molecule has 1 aliphatic rings. The van der Waals surface area contributed by atoms with Gasteiger partial charge < -0.3 is 29.4 Å². The van der Waals surface area contributed by atoms with Crippen LogP contribution in [0.1, 0.15) is 27.7 Å². The van der Waals surface area contributed by atoms with Gasteiger partial charge in [0.1, 0.15) is 0 Å². The maximum atomic E-state index is 3.36. The summed E-state index contributed by atoms with van der Waals surface area (Å²) < 4.78 is 2.25. The Morgan fingerprint density at radius 1 is 0.867 bits per heavy atom. The van der Waals surface area contributed by atoms with Crippen LogP contribution >= 0.6 is 0 Å². The van der Waals surface area contributed by atoms with Gasteiger partial charge in [-0.25, -0.2) is 5.57 Å². The molecule has 0 spiro atoms. The minimum Gasteiger partial charge on any atom is -1.00 e. The number of hydrogen-bond donors (Lipinski definition) is 0. The maximum absolute atomic E-state index is 3.36. The quantitative estimate of drug-likeness (QED) is 0.229. The Labute approximate surface area is 210 Å². The second kappa shape index (κ2) is 11.2. The fraction of sp³-hybridized carbons (Fsp3) is 0.192. The van der Waals surface area contributed by atoms with Crippen molar-refractivity contribution in [2.75, 3.05) is 0 Å². The third-order valence-electron chi connectivity index (χ3n) is 5.72. The largest absolute Gasteiger partial charge is 4.00 e. The fourth-order valence-corrected chi connectivity index (χ4v) is 3.74. The van der Waals surface area contributed by atoms with Crippen LogP contribution in [0.25, 0.3) is 27.4 Å². The molecule has 0 fully saturated rings. The number of rotatable bonds is 1. The van der Waals surface area contributed by atoms with Crippen LogP contribution in [0.4, 0.5) is 0 Å². The molecule has 0 aliphatic heterocycles.